The maximum absolute atomic E-state index is 12.2. The van der Waals surface area contributed by atoms with E-state index in [9.17, 15) is 4.79 Å². The van der Waals surface area contributed by atoms with Gasteiger partial charge in [-0.3, -0.25) is 4.79 Å². The Labute approximate surface area is 120 Å². The molecule has 0 aliphatic rings. The molecular weight excluding hydrogens is 248 g/mol. The first-order chi connectivity index (χ1) is 9.59. The summed E-state index contributed by atoms with van der Waals surface area (Å²) in [4.78, 5) is 14.2. The molecule has 0 unspecified atom stereocenters. The Balaban J connectivity index is 2.10. The van der Waals surface area contributed by atoms with Gasteiger partial charge in [-0.05, 0) is 30.2 Å². The van der Waals surface area contributed by atoms with Crippen molar-refractivity contribution in [2.75, 3.05) is 19.0 Å². The molecule has 0 spiro atoms. The number of anilines is 1. The molecule has 2 aromatic carbocycles. The third kappa shape index (κ3) is 3.18. The Kier molecular flexibility index (Phi) is 4.41. The maximum atomic E-state index is 12.2. The van der Waals surface area contributed by atoms with Gasteiger partial charge in [-0.2, -0.15) is 0 Å². The highest BCUT2D eigenvalue weighted by molar-refractivity contribution is 5.95. The van der Waals surface area contributed by atoms with Gasteiger partial charge in [-0.25, -0.2) is 0 Å². The molecule has 0 heterocycles. The van der Waals surface area contributed by atoms with Gasteiger partial charge in [-0.1, -0.05) is 36.4 Å². The zero-order valence-corrected chi connectivity index (χ0v) is 12.2. The Bertz CT molecular complexity index is 605. The van der Waals surface area contributed by atoms with Crippen molar-refractivity contribution >= 4 is 11.6 Å². The smallest absolute Gasteiger partial charge is 0.251 e. The third-order valence-electron chi connectivity index (χ3n) is 3.30. The first-order valence-corrected chi connectivity index (χ1v) is 6.68. The van der Waals surface area contributed by atoms with E-state index >= 15 is 0 Å². The highest BCUT2D eigenvalue weighted by Gasteiger charge is 2.09. The molecule has 3 heteroatoms. The van der Waals surface area contributed by atoms with Crippen LogP contribution < -0.4 is 10.2 Å². The third-order valence-corrected chi connectivity index (χ3v) is 3.30. The summed E-state index contributed by atoms with van der Waals surface area (Å²) in [5.41, 5.74) is 3.96. The molecule has 1 amide bonds. The standard InChI is InChI=1S/C17H20N2O/c1-13-8-4-6-10-15(13)17(20)18-12-14-9-5-7-11-16(14)19(2)3/h4-11H,12H2,1-3H3,(H,18,20). The largest absolute Gasteiger partial charge is 0.377 e. The summed E-state index contributed by atoms with van der Waals surface area (Å²) in [5, 5.41) is 2.99. The number of benzene rings is 2. The fraction of sp³-hybridized carbons (Fsp3) is 0.235. The maximum Gasteiger partial charge on any atom is 0.251 e. The number of carbonyl (C=O) groups is 1. The second-order valence-corrected chi connectivity index (χ2v) is 5.02. The Morgan fingerprint density at radius 3 is 2.40 bits per heavy atom. The fourth-order valence-electron chi connectivity index (χ4n) is 2.19. The van der Waals surface area contributed by atoms with Gasteiger partial charge < -0.3 is 10.2 Å². The van der Waals surface area contributed by atoms with Gasteiger partial charge in [0.15, 0.2) is 0 Å². The van der Waals surface area contributed by atoms with Crippen molar-refractivity contribution in [1.29, 1.82) is 0 Å². The number of nitrogens with zero attached hydrogens (tertiary/aromatic N) is 1. The molecule has 0 fully saturated rings. The van der Waals surface area contributed by atoms with Gasteiger partial charge in [0.25, 0.3) is 5.91 Å². The second kappa shape index (κ2) is 6.24. The molecule has 104 valence electrons. The minimum Gasteiger partial charge on any atom is -0.377 e. The molecule has 0 saturated heterocycles. The predicted molar refractivity (Wildman–Crippen MR) is 83.1 cm³/mol. The van der Waals surface area contributed by atoms with E-state index in [-0.39, 0.29) is 5.91 Å². The molecular formula is C17H20N2O. The molecule has 3 nitrogen and oxygen atoms in total. The molecule has 20 heavy (non-hydrogen) atoms. The minimum atomic E-state index is -0.0309. The van der Waals surface area contributed by atoms with E-state index in [2.05, 4.69) is 16.3 Å². The molecule has 0 aliphatic carbocycles. The highest BCUT2D eigenvalue weighted by atomic mass is 16.1. The lowest BCUT2D eigenvalue weighted by molar-refractivity contribution is 0.0950. The van der Waals surface area contributed by atoms with Crippen molar-refractivity contribution in [2.24, 2.45) is 0 Å². The van der Waals surface area contributed by atoms with Crippen LogP contribution in [0, 0.1) is 6.92 Å². The molecule has 0 aliphatic heterocycles. The number of amides is 1. The van der Waals surface area contributed by atoms with Crippen molar-refractivity contribution in [1.82, 2.24) is 5.32 Å². The minimum absolute atomic E-state index is 0.0309. The van der Waals surface area contributed by atoms with Gasteiger partial charge in [0.2, 0.25) is 0 Å². The molecule has 2 rings (SSSR count). The number of carbonyl (C=O) groups excluding carboxylic acids is 1. The summed E-state index contributed by atoms with van der Waals surface area (Å²) >= 11 is 0. The van der Waals surface area contributed by atoms with Crippen LogP contribution in [0.5, 0.6) is 0 Å². The summed E-state index contributed by atoms with van der Waals surface area (Å²) in [7, 11) is 4.00. The summed E-state index contributed by atoms with van der Waals surface area (Å²) < 4.78 is 0. The van der Waals surface area contributed by atoms with E-state index in [1.807, 2.05) is 63.5 Å². The number of rotatable bonds is 4. The van der Waals surface area contributed by atoms with Crippen LogP contribution in [0.15, 0.2) is 48.5 Å². The van der Waals surface area contributed by atoms with Gasteiger partial charge in [0, 0.05) is 31.9 Å². The Hall–Kier alpha value is -2.29. The SMILES string of the molecule is Cc1ccccc1C(=O)NCc1ccccc1N(C)C. The number of para-hydroxylation sites is 1. The average Bonchev–Trinajstić information content (AvgIpc) is 2.45. The van der Waals surface area contributed by atoms with Crippen LogP contribution in [0.25, 0.3) is 0 Å². The Morgan fingerprint density at radius 2 is 1.70 bits per heavy atom. The normalized spacial score (nSPS) is 10.2. The zero-order chi connectivity index (χ0) is 14.5. The summed E-state index contributed by atoms with van der Waals surface area (Å²) in [6.07, 6.45) is 0. The number of nitrogens with one attached hydrogen (secondary N) is 1. The number of hydrogen-bond acceptors (Lipinski definition) is 2. The van der Waals surface area contributed by atoms with E-state index in [1.54, 1.807) is 0 Å². The van der Waals surface area contributed by atoms with Gasteiger partial charge in [0.1, 0.15) is 0 Å². The van der Waals surface area contributed by atoms with Crippen molar-refractivity contribution in [3.63, 3.8) is 0 Å². The second-order valence-electron chi connectivity index (χ2n) is 5.02. The number of aryl methyl sites for hydroxylation is 1. The molecule has 1 N–H and O–H groups in total. The molecule has 0 atom stereocenters. The Morgan fingerprint density at radius 1 is 1.05 bits per heavy atom. The molecule has 0 saturated carbocycles. The fourth-order valence-corrected chi connectivity index (χ4v) is 2.19. The first kappa shape index (κ1) is 14.1. The van der Waals surface area contributed by atoms with Crippen LogP contribution in [0.1, 0.15) is 21.5 Å². The highest BCUT2D eigenvalue weighted by Crippen LogP contribution is 2.17. The monoisotopic (exact) mass is 268 g/mol. The van der Waals surface area contributed by atoms with Crippen LogP contribution in [0.2, 0.25) is 0 Å². The molecule has 0 radical (unpaired) electrons. The summed E-state index contributed by atoms with van der Waals surface area (Å²) in [6, 6.07) is 15.7. The van der Waals surface area contributed by atoms with E-state index in [0.717, 1.165) is 22.4 Å². The van der Waals surface area contributed by atoms with Crippen LogP contribution in [0.3, 0.4) is 0 Å². The molecule has 0 bridgehead atoms. The molecule has 0 aromatic heterocycles. The van der Waals surface area contributed by atoms with E-state index in [1.165, 1.54) is 0 Å². The van der Waals surface area contributed by atoms with Gasteiger partial charge in [0.05, 0.1) is 0 Å². The first-order valence-electron chi connectivity index (χ1n) is 6.68. The van der Waals surface area contributed by atoms with Crippen molar-refractivity contribution in [3.05, 3.63) is 65.2 Å². The van der Waals surface area contributed by atoms with Crippen LogP contribution >= 0.6 is 0 Å². The molecule has 2 aromatic rings. The van der Waals surface area contributed by atoms with Crippen molar-refractivity contribution in [3.8, 4) is 0 Å². The van der Waals surface area contributed by atoms with Crippen molar-refractivity contribution in [2.45, 2.75) is 13.5 Å². The topological polar surface area (TPSA) is 32.3 Å². The van der Waals surface area contributed by atoms with Crippen LogP contribution in [-0.4, -0.2) is 20.0 Å². The van der Waals surface area contributed by atoms with E-state index in [4.69, 9.17) is 0 Å². The summed E-state index contributed by atoms with van der Waals surface area (Å²) in [6.45, 7) is 2.48. The quantitative estimate of drug-likeness (QED) is 0.924. The lowest BCUT2D eigenvalue weighted by Gasteiger charge is -2.17. The zero-order valence-electron chi connectivity index (χ0n) is 12.2. The number of hydrogen-bond donors (Lipinski definition) is 1. The van der Waals surface area contributed by atoms with Crippen LogP contribution in [-0.2, 0) is 6.54 Å². The summed E-state index contributed by atoms with van der Waals surface area (Å²) in [5.74, 6) is -0.0309. The van der Waals surface area contributed by atoms with Gasteiger partial charge >= 0.3 is 0 Å². The van der Waals surface area contributed by atoms with E-state index in [0.29, 0.717) is 6.54 Å². The predicted octanol–water partition coefficient (Wildman–Crippen LogP) is 2.99. The lowest BCUT2D eigenvalue weighted by atomic mass is 10.1. The van der Waals surface area contributed by atoms with E-state index < -0.39 is 0 Å². The average molecular weight is 268 g/mol. The van der Waals surface area contributed by atoms with Crippen LogP contribution in [0.4, 0.5) is 5.69 Å². The lowest BCUT2D eigenvalue weighted by Crippen LogP contribution is -2.24. The van der Waals surface area contributed by atoms with Gasteiger partial charge in [-0.15, -0.1) is 0 Å². The van der Waals surface area contributed by atoms with Crippen molar-refractivity contribution < 1.29 is 4.79 Å².